The minimum Gasteiger partial charge on any atom is -0.495 e. The Bertz CT molecular complexity index is 1370. The van der Waals surface area contributed by atoms with Gasteiger partial charge in [-0.3, -0.25) is 9.79 Å². The first-order valence-corrected chi connectivity index (χ1v) is 10.6. The third kappa shape index (κ3) is 4.35. The number of aromatic nitrogens is 3. The minimum absolute atomic E-state index is 0.178. The van der Waals surface area contributed by atoms with Gasteiger partial charge in [-0.2, -0.15) is 0 Å². The SMILES string of the molecule is CN=C(c1ccc(-n2cnc(C)c2)c(OC)c1)c1cccn(C(C)c2ccc(F)cc2)c1=O. The molecule has 1 unspecified atom stereocenters. The van der Waals surface area contributed by atoms with Gasteiger partial charge in [-0.15, -0.1) is 0 Å². The molecular weight excluding hydrogens is 419 g/mol. The number of ether oxygens (including phenoxy) is 1. The van der Waals surface area contributed by atoms with E-state index in [-0.39, 0.29) is 17.4 Å². The van der Waals surface area contributed by atoms with Crippen molar-refractivity contribution >= 4 is 5.71 Å². The van der Waals surface area contributed by atoms with Crippen molar-refractivity contribution in [3.8, 4) is 11.4 Å². The highest BCUT2D eigenvalue weighted by molar-refractivity contribution is 6.13. The first-order valence-electron chi connectivity index (χ1n) is 10.6. The van der Waals surface area contributed by atoms with Gasteiger partial charge in [0.05, 0.1) is 42.1 Å². The molecule has 7 heteroatoms. The van der Waals surface area contributed by atoms with Crippen LogP contribution in [0.25, 0.3) is 5.69 Å². The summed E-state index contributed by atoms with van der Waals surface area (Å²) in [6, 6.07) is 15.2. The van der Waals surface area contributed by atoms with E-state index in [9.17, 15) is 9.18 Å². The Morgan fingerprint density at radius 1 is 1.15 bits per heavy atom. The van der Waals surface area contributed by atoms with E-state index in [2.05, 4.69) is 9.98 Å². The molecule has 1 atom stereocenters. The lowest BCUT2D eigenvalue weighted by atomic mass is 10.0. The second-order valence-electron chi connectivity index (χ2n) is 7.74. The van der Waals surface area contributed by atoms with Crippen molar-refractivity contribution < 1.29 is 9.13 Å². The van der Waals surface area contributed by atoms with Gasteiger partial charge in [0.15, 0.2) is 0 Å². The van der Waals surface area contributed by atoms with Crippen molar-refractivity contribution in [2.24, 2.45) is 4.99 Å². The number of aryl methyl sites for hydroxylation is 1. The predicted molar refractivity (Wildman–Crippen MR) is 127 cm³/mol. The van der Waals surface area contributed by atoms with Crippen molar-refractivity contribution in [3.05, 3.63) is 112 Å². The molecule has 2 aromatic carbocycles. The van der Waals surface area contributed by atoms with Crippen molar-refractivity contribution in [1.82, 2.24) is 14.1 Å². The zero-order valence-electron chi connectivity index (χ0n) is 19.0. The average Bonchev–Trinajstić information content (AvgIpc) is 3.26. The molecular formula is C26H25FN4O2. The summed E-state index contributed by atoms with van der Waals surface area (Å²) in [6.07, 6.45) is 5.38. The van der Waals surface area contributed by atoms with Crippen LogP contribution in [0.2, 0.25) is 0 Å². The van der Waals surface area contributed by atoms with Gasteiger partial charge in [0.2, 0.25) is 0 Å². The fourth-order valence-electron chi connectivity index (χ4n) is 3.89. The lowest BCUT2D eigenvalue weighted by molar-refractivity contribution is 0.413. The van der Waals surface area contributed by atoms with Crippen molar-refractivity contribution in [2.75, 3.05) is 14.2 Å². The molecule has 6 nitrogen and oxygen atoms in total. The van der Waals surface area contributed by atoms with E-state index in [1.54, 1.807) is 49.4 Å². The number of pyridine rings is 1. The maximum absolute atomic E-state index is 13.4. The summed E-state index contributed by atoms with van der Waals surface area (Å²) in [7, 11) is 3.27. The molecule has 2 aromatic heterocycles. The highest BCUT2D eigenvalue weighted by atomic mass is 19.1. The fourth-order valence-corrected chi connectivity index (χ4v) is 3.89. The van der Waals surface area contributed by atoms with Crippen LogP contribution in [0.4, 0.5) is 4.39 Å². The van der Waals surface area contributed by atoms with Gasteiger partial charge in [-0.05, 0) is 55.8 Å². The van der Waals surface area contributed by atoms with Crippen LogP contribution in [0.15, 0.2) is 83.1 Å². The molecule has 0 spiro atoms. The summed E-state index contributed by atoms with van der Waals surface area (Å²) in [6.45, 7) is 3.83. The standard InChI is InChI=1S/C26H25FN4O2/c1-17-15-30(16-29-17)23-12-9-20(14-24(23)33-4)25(28-3)22-6-5-13-31(26(22)32)18(2)19-7-10-21(27)11-8-19/h5-16,18H,1-4H3. The Hall–Kier alpha value is -4.00. The van der Waals surface area contributed by atoms with Crippen LogP contribution in [-0.4, -0.2) is 34.0 Å². The third-order valence-electron chi connectivity index (χ3n) is 5.67. The lowest BCUT2D eigenvalue weighted by Gasteiger charge is -2.18. The Morgan fingerprint density at radius 2 is 1.91 bits per heavy atom. The normalized spacial score (nSPS) is 12.6. The van der Waals surface area contributed by atoms with E-state index < -0.39 is 0 Å². The van der Waals surface area contributed by atoms with E-state index >= 15 is 0 Å². The summed E-state index contributed by atoms with van der Waals surface area (Å²) < 4.78 is 22.5. The molecule has 2 heterocycles. The molecule has 0 saturated heterocycles. The van der Waals surface area contributed by atoms with Crippen LogP contribution >= 0.6 is 0 Å². The van der Waals surface area contributed by atoms with Gasteiger partial charge in [0.25, 0.3) is 5.56 Å². The number of halogens is 1. The Kier molecular flexibility index (Phi) is 6.22. The van der Waals surface area contributed by atoms with Crippen LogP contribution in [0.1, 0.15) is 35.3 Å². The number of aliphatic imine (C=N–C) groups is 1. The van der Waals surface area contributed by atoms with Crippen LogP contribution in [0.5, 0.6) is 5.75 Å². The first kappa shape index (κ1) is 22.2. The number of benzene rings is 2. The number of hydrogen-bond acceptors (Lipinski definition) is 4. The second-order valence-corrected chi connectivity index (χ2v) is 7.74. The number of rotatable bonds is 6. The van der Waals surface area contributed by atoms with Gasteiger partial charge in [-0.1, -0.05) is 18.2 Å². The van der Waals surface area contributed by atoms with Crippen LogP contribution in [0, 0.1) is 12.7 Å². The summed E-state index contributed by atoms with van der Waals surface area (Å²) in [5.74, 6) is 0.331. The molecule has 168 valence electrons. The molecule has 4 rings (SSSR count). The van der Waals surface area contributed by atoms with Crippen molar-refractivity contribution in [1.29, 1.82) is 0 Å². The second kappa shape index (κ2) is 9.24. The van der Waals surface area contributed by atoms with Gasteiger partial charge in [0.1, 0.15) is 11.6 Å². The summed E-state index contributed by atoms with van der Waals surface area (Å²) >= 11 is 0. The molecule has 0 aliphatic rings. The van der Waals surface area contributed by atoms with E-state index in [0.29, 0.717) is 17.0 Å². The predicted octanol–water partition coefficient (Wildman–Crippen LogP) is 4.57. The van der Waals surface area contributed by atoms with Gasteiger partial charge in [-0.25, -0.2) is 9.37 Å². The number of nitrogens with zero attached hydrogens (tertiary/aromatic N) is 4. The molecule has 4 aromatic rings. The molecule has 0 radical (unpaired) electrons. The van der Waals surface area contributed by atoms with Gasteiger partial charge < -0.3 is 13.9 Å². The van der Waals surface area contributed by atoms with Gasteiger partial charge >= 0.3 is 0 Å². The number of methoxy groups -OCH3 is 1. The quantitative estimate of drug-likeness (QED) is 0.410. The first-order chi connectivity index (χ1) is 15.9. The molecule has 0 N–H and O–H groups in total. The molecule has 0 amide bonds. The molecule has 0 saturated carbocycles. The number of imidazole rings is 1. The van der Waals surface area contributed by atoms with E-state index in [4.69, 9.17) is 4.74 Å². The van der Waals surface area contributed by atoms with Gasteiger partial charge in [0, 0.05) is 25.0 Å². The summed E-state index contributed by atoms with van der Waals surface area (Å²) in [5, 5.41) is 0. The van der Waals surface area contributed by atoms with E-state index in [0.717, 1.165) is 22.5 Å². The monoisotopic (exact) mass is 444 g/mol. The lowest BCUT2D eigenvalue weighted by Crippen LogP contribution is -2.29. The highest BCUT2D eigenvalue weighted by Crippen LogP contribution is 2.26. The molecule has 0 bridgehead atoms. The summed E-state index contributed by atoms with van der Waals surface area (Å²) in [5.41, 5.74) is 4.20. The summed E-state index contributed by atoms with van der Waals surface area (Å²) in [4.78, 5) is 22.1. The van der Waals surface area contributed by atoms with Crippen molar-refractivity contribution in [3.63, 3.8) is 0 Å². The fraction of sp³-hybridized carbons (Fsp3) is 0.192. The molecule has 0 fully saturated rings. The third-order valence-corrected chi connectivity index (χ3v) is 5.67. The largest absolute Gasteiger partial charge is 0.495 e. The zero-order valence-corrected chi connectivity index (χ0v) is 19.0. The molecule has 33 heavy (non-hydrogen) atoms. The minimum atomic E-state index is -0.310. The maximum Gasteiger partial charge on any atom is 0.260 e. The Balaban J connectivity index is 1.75. The Labute approximate surface area is 191 Å². The van der Waals surface area contributed by atoms with Crippen LogP contribution in [-0.2, 0) is 0 Å². The van der Waals surface area contributed by atoms with Crippen molar-refractivity contribution in [2.45, 2.75) is 19.9 Å². The molecule has 0 aliphatic heterocycles. The average molecular weight is 445 g/mol. The maximum atomic E-state index is 13.4. The smallest absolute Gasteiger partial charge is 0.260 e. The topological polar surface area (TPSA) is 61.4 Å². The molecule has 0 aliphatic carbocycles. The zero-order chi connectivity index (χ0) is 23.5. The van der Waals surface area contributed by atoms with Crippen LogP contribution < -0.4 is 10.3 Å². The van der Waals surface area contributed by atoms with E-state index in [1.165, 1.54) is 12.1 Å². The Morgan fingerprint density at radius 3 is 2.55 bits per heavy atom. The van der Waals surface area contributed by atoms with Crippen LogP contribution in [0.3, 0.4) is 0 Å². The van der Waals surface area contributed by atoms with E-state index in [1.807, 2.05) is 48.9 Å². The highest BCUT2D eigenvalue weighted by Gasteiger charge is 2.17. The number of hydrogen-bond donors (Lipinski definition) is 0.